The Morgan fingerprint density at radius 3 is 1.29 bits per heavy atom. The van der Waals surface area contributed by atoms with E-state index in [2.05, 4.69) is 169 Å². The van der Waals surface area contributed by atoms with Crippen LogP contribution in [0, 0.1) is 0 Å². The van der Waals surface area contributed by atoms with Crippen molar-refractivity contribution in [3.8, 4) is 0 Å². The average Bonchev–Trinajstić information content (AvgIpc) is 3.74. The van der Waals surface area contributed by atoms with Crippen molar-refractivity contribution in [2.45, 2.75) is 11.1 Å². The van der Waals surface area contributed by atoms with Crippen molar-refractivity contribution in [3.05, 3.63) is 269 Å². The van der Waals surface area contributed by atoms with Gasteiger partial charge in [0, 0.05) is 5.56 Å². The van der Waals surface area contributed by atoms with Crippen molar-refractivity contribution in [2.75, 3.05) is 11.9 Å². The van der Waals surface area contributed by atoms with Gasteiger partial charge in [0.2, 0.25) is 0 Å². The van der Waals surface area contributed by atoms with Crippen molar-refractivity contribution in [1.29, 1.82) is 0 Å². The monoisotopic (exact) mass is 751 g/mol. The quantitative estimate of drug-likeness (QED) is 0.122. The molecule has 0 aliphatic carbocycles. The lowest BCUT2D eigenvalue weighted by atomic mass is 9.77. The number of aliphatic hydroxyl groups is 1. The summed E-state index contributed by atoms with van der Waals surface area (Å²) in [6, 6.07) is 75.0. The number of aliphatic hydroxyl groups excluding tert-OH is 1. The van der Waals surface area contributed by atoms with Crippen molar-refractivity contribution >= 4 is 22.6 Å². The second-order valence-corrected chi connectivity index (χ2v) is 14.2. The summed E-state index contributed by atoms with van der Waals surface area (Å²) in [6.07, 6.45) is 1.84. The Balaban J connectivity index is 1.41. The molecule has 0 aliphatic heterocycles. The van der Waals surface area contributed by atoms with Gasteiger partial charge in [-0.15, -0.1) is 5.10 Å². The van der Waals surface area contributed by atoms with Crippen molar-refractivity contribution in [1.82, 2.24) is 20.0 Å². The summed E-state index contributed by atoms with van der Waals surface area (Å²) in [7, 11) is 0. The number of fused-ring (bicyclic) bond motifs is 1. The predicted octanol–water partition coefficient (Wildman–Crippen LogP) is 10.5. The number of anilines is 1. The van der Waals surface area contributed by atoms with Gasteiger partial charge in [0.15, 0.2) is 5.65 Å². The summed E-state index contributed by atoms with van der Waals surface area (Å²) in [6.45, 7) is -0.172. The number of pyridine rings is 1. The second-order valence-electron chi connectivity index (χ2n) is 14.2. The molecule has 0 fully saturated rings. The Kier molecular flexibility index (Phi) is 9.99. The van der Waals surface area contributed by atoms with E-state index >= 15 is 0 Å². The number of nitrogens with zero attached hydrogens (tertiary/aromatic N) is 4. The maximum Gasteiger partial charge on any atom is 0.182 e. The standard InChI is InChI=1S/C52H41N5O/c58-37-36-46(39-22-8-1-9-23-39)47-38-48(54-51(40-24-10-2-11-25-40,41-26-12-3-13-27-41)42-28-14-4-15-29-42)53-50-49(47)55-56-57(50)52(43-30-16-5-17-31-43,44-32-18-6-19-33-44)45-34-20-7-21-35-45/h1-36,38,58H,37H2,(H,53,54)/b46-36-. The van der Waals surface area contributed by atoms with Gasteiger partial charge in [-0.05, 0) is 50.6 Å². The van der Waals surface area contributed by atoms with Crippen LogP contribution in [0.25, 0.3) is 16.7 Å². The first-order chi connectivity index (χ1) is 28.7. The number of hydrogen-bond donors (Lipinski definition) is 2. The fourth-order valence-electron chi connectivity index (χ4n) is 8.37. The molecule has 0 radical (unpaired) electrons. The Hall–Kier alpha value is -7.41. The van der Waals surface area contributed by atoms with Crippen LogP contribution in [0.1, 0.15) is 44.5 Å². The summed E-state index contributed by atoms with van der Waals surface area (Å²) in [5.41, 5.74) is 8.00. The van der Waals surface area contributed by atoms with Gasteiger partial charge in [-0.25, -0.2) is 9.67 Å². The van der Waals surface area contributed by atoms with Gasteiger partial charge in [0.05, 0.1) is 6.61 Å². The molecule has 6 heteroatoms. The molecule has 0 saturated heterocycles. The highest BCUT2D eigenvalue weighted by Crippen LogP contribution is 2.44. The Morgan fingerprint density at radius 2 is 0.897 bits per heavy atom. The van der Waals surface area contributed by atoms with Crippen LogP contribution in [0.4, 0.5) is 5.82 Å². The van der Waals surface area contributed by atoms with Gasteiger partial charge >= 0.3 is 0 Å². The van der Waals surface area contributed by atoms with Crippen LogP contribution in [0.3, 0.4) is 0 Å². The van der Waals surface area contributed by atoms with E-state index in [-0.39, 0.29) is 6.61 Å². The van der Waals surface area contributed by atoms with Gasteiger partial charge in [-0.3, -0.25) is 0 Å². The molecule has 0 atom stereocenters. The molecule has 0 spiro atoms. The van der Waals surface area contributed by atoms with Crippen LogP contribution in [0.5, 0.6) is 0 Å². The topological polar surface area (TPSA) is 75.9 Å². The molecular formula is C52H41N5O. The number of nitrogens with one attached hydrogen (secondary N) is 1. The summed E-state index contributed by atoms with van der Waals surface area (Å²) < 4.78 is 1.98. The van der Waals surface area contributed by atoms with Crippen molar-refractivity contribution in [3.63, 3.8) is 0 Å². The first kappa shape index (κ1) is 36.2. The van der Waals surface area contributed by atoms with E-state index in [1.54, 1.807) is 0 Å². The lowest BCUT2D eigenvalue weighted by Crippen LogP contribution is -2.39. The molecular weight excluding hydrogens is 711 g/mol. The van der Waals surface area contributed by atoms with Crippen LogP contribution < -0.4 is 5.32 Å². The van der Waals surface area contributed by atoms with Gasteiger partial charge < -0.3 is 10.4 Å². The van der Waals surface area contributed by atoms with E-state index in [0.29, 0.717) is 17.0 Å². The van der Waals surface area contributed by atoms with E-state index in [9.17, 15) is 5.11 Å². The number of aromatic nitrogens is 4. The minimum absolute atomic E-state index is 0.172. The molecule has 6 nitrogen and oxygen atoms in total. The molecule has 9 rings (SSSR count). The molecule has 2 heterocycles. The first-order valence-corrected chi connectivity index (χ1v) is 19.5. The smallest absolute Gasteiger partial charge is 0.182 e. The summed E-state index contributed by atoms with van der Waals surface area (Å²) >= 11 is 0. The van der Waals surface area contributed by atoms with E-state index in [1.165, 1.54) is 0 Å². The van der Waals surface area contributed by atoms with Gasteiger partial charge in [0.25, 0.3) is 0 Å². The molecule has 7 aromatic carbocycles. The lowest BCUT2D eigenvalue weighted by molar-refractivity contribution is 0.343. The van der Waals surface area contributed by atoms with E-state index in [4.69, 9.17) is 15.3 Å². The highest BCUT2D eigenvalue weighted by molar-refractivity contribution is 5.94. The molecule has 0 saturated carbocycles. The van der Waals surface area contributed by atoms with Gasteiger partial charge in [-0.2, -0.15) is 0 Å². The van der Waals surface area contributed by atoms with E-state index in [0.717, 1.165) is 50.1 Å². The minimum Gasteiger partial charge on any atom is -0.392 e. The number of rotatable bonds is 12. The SMILES string of the molecule is OC/C=C(/c1ccccc1)c1cc(NC(c2ccccc2)(c2ccccc2)c2ccccc2)nc2c1nnn2C(c1ccccc1)(c1ccccc1)c1ccccc1. The zero-order chi connectivity index (χ0) is 39.2. The average molecular weight is 752 g/mol. The lowest BCUT2D eigenvalue weighted by Gasteiger charge is -2.38. The summed E-state index contributed by atoms with van der Waals surface area (Å²) in [5, 5.41) is 24.7. The highest BCUT2D eigenvalue weighted by Gasteiger charge is 2.42. The third-order valence-corrected chi connectivity index (χ3v) is 10.9. The fraction of sp³-hybridized carbons (Fsp3) is 0.0577. The maximum atomic E-state index is 10.6. The van der Waals surface area contributed by atoms with Crippen LogP contribution in [0.15, 0.2) is 224 Å². The number of benzene rings is 7. The first-order valence-electron chi connectivity index (χ1n) is 19.5. The van der Waals surface area contributed by atoms with E-state index < -0.39 is 11.1 Å². The summed E-state index contributed by atoms with van der Waals surface area (Å²) in [5.74, 6) is 0.602. The largest absolute Gasteiger partial charge is 0.392 e. The number of hydrogen-bond acceptors (Lipinski definition) is 5. The Bertz CT molecular complexity index is 2570. The molecule has 0 aliphatic rings. The minimum atomic E-state index is -0.982. The Labute approximate surface area is 338 Å². The third-order valence-electron chi connectivity index (χ3n) is 10.9. The molecule has 2 N–H and O–H groups in total. The molecule has 0 bridgehead atoms. The maximum absolute atomic E-state index is 10.6. The van der Waals surface area contributed by atoms with Crippen LogP contribution >= 0.6 is 0 Å². The fourth-order valence-corrected chi connectivity index (χ4v) is 8.37. The van der Waals surface area contributed by atoms with Gasteiger partial charge in [-0.1, -0.05) is 224 Å². The molecule has 2 aromatic heterocycles. The predicted molar refractivity (Wildman–Crippen MR) is 233 cm³/mol. The van der Waals surface area contributed by atoms with Crippen molar-refractivity contribution < 1.29 is 5.11 Å². The molecule has 0 unspecified atom stereocenters. The van der Waals surface area contributed by atoms with Crippen LogP contribution in [-0.2, 0) is 11.1 Å². The normalized spacial score (nSPS) is 12.1. The zero-order valence-corrected chi connectivity index (χ0v) is 31.8. The van der Waals surface area contributed by atoms with Crippen LogP contribution in [0.2, 0.25) is 0 Å². The van der Waals surface area contributed by atoms with Gasteiger partial charge in [0.1, 0.15) is 22.4 Å². The molecule has 9 aromatic rings. The van der Waals surface area contributed by atoms with Crippen LogP contribution in [-0.4, -0.2) is 31.7 Å². The van der Waals surface area contributed by atoms with Crippen molar-refractivity contribution in [2.24, 2.45) is 0 Å². The van der Waals surface area contributed by atoms with E-state index in [1.807, 2.05) is 65.4 Å². The third kappa shape index (κ3) is 6.36. The zero-order valence-electron chi connectivity index (χ0n) is 31.8. The molecule has 280 valence electrons. The summed E-state index contributed by atoms with van der Waals surface area (Å²) in [4.78, 5) is 5.57. The molecule has 58 heavy (non-hydrogen) atoms. The second kappa shape index (κ2) is 16.0. The molecule has 0 amide bonds. The highest BCUT2D eigenvalue weighted by atomic mass is 16.2. The Morgan fingerprint density at radius 1 is 0.517 bits per heavy atom.